The molecule has 4 N–H and O–H groups in total. The summed E-state index contributed by atoms with van der Waals surface area (Å²) in [6, 6.07) is 20.5. The molecule has 5 fully saturated rings. The molecule has 10 heterocycles. The van der Waals surface area contributed by atoms with Crippen LogP contribution in [0.2, 0.25) is 0 Å². The molecule has 0 bridgehead atoms. The average molecular weight is 1530 g/mol. The number of hydrogen-bond acceptors (Lipinski definition) is 18. The van der Waals surface area contributed by atoms with E-state index in [1.165, 1.54) is 123 Å². The van der Waals surface area contributed by atoms with Crippen molar-refractivity contribution in [3.05, 3.63) is 118 Å². The largest absolute Gasteiger partial charge is 1.00 e. The topological polar surface area (TPSA) is 240 Å². The summed E-state index contributed by atoms with van der Waals surface area (Å²) in [5, 5.41) is 32.2. The summed E-state index contributed by atoms with van der Waals surface area (Å²) in [7, 11) is 1.51. The third kappa shape index (κ3) is 30.9. The van der Waals surface area contributed by atoms with Gasteiger partial charge in [-0.05, 0) is 217 Å². The number of imide groups is 1. The van der Waals surface area contributed by atoms with E-state index in [-0.39, 0.29) is 152 Å². The molecule has 0 aliphatic carbocycles. The molecule has 0 spiro atoms. The van der Waals surface area contributed by atoms with Crippen molar-refractivity contribution in [3.63, 3.8) is 0 Å². The minimum Gasteiger partial charge on any atom is -1.00 e. The van der Waals surface area contributed by atoms with E-state index in [0.717, 1.165) is 77.3 Å². The van der Waals surface area contributed by atoms with Gasteiger partial charge in [-0.2, -0.15) is 0 Å². The summed E-state index contributed by atoms with van der Waals surface area (Å²) in [5.74, 6) is 6.52. The fourth-order valence-electron chi connectivity index (χ4n) is 9.97. The SMILES string of the molecule is BrCc1ccc(CN2CCCCC2)o1.BrP(Br)Br.C1CCNCC1.COc1ccc(CO)o1.O=C1CCC(N2Cc3c(SCc4ccc(CN5CCCCC5)o4)cccc3C2=O)C(=O)N1.O=CO[O-].OCc1ccc(CN2CCCCC2)o1.[H-].[K+].[K+]. The number of likely N-dealkylation sites (tertiary alicyclic amines) is 3. The molecule has 5 saturated heterocycles. The van der Waals surface area contributed by atoms with E-state index in [1.54, 1.807) is 28.8 Å². The zero-order valence-electron chi connectivity index (χ0n) is 50.3. The Labute approximate surface area is 625 Å². The van der Waals surface area contributed by atoms with Gasteiger partial charge in [0.2, 0.25) is 11.8 Å². The van der Waals surface area contributed by atoms with Crippen molar-refractivity contribution < 1.29 is 166 Å². The van der Waals surface area contributed by atoms with Crippen LogP contribution in [0.3, 0.4) is 0 Å². The van der Waals surface area contributed by atoms with Crippen LogP contribution in [0.4, 0.5) is 0 Å². The minimum atomic E-state index is -0.590. The number of carbonyl (C=O) groups excluding carboxylic acids is 4. The van der Waals surface area contributed by atoms with Crippen molar-refractivity contribution in [2.75, 3.05) is 59.5 Å². The number of hydrogen-bond donors (Lipinski definition) is 4. The van der Waals surface area contributed by atoms with Crippen LogP contribution in [0.5, 0.6) is 5.95 Å². The molecule has 462 valence electrons. The molecular formula is C58H81Br4K2N6O13PS. The van der Waals surface area contributed by atoms with Crippen molar-refractivity contribution in [1.82, 2.24) is 30.2 Å². The fourth-order valence-corrected chi connectivity index (χ4v) is 11.2. The van der Waals surface area contributed by atoms with Gasteiger partial charge in [0.1, 0.15) is 63.6 Å². The van der Waals surface area contributed by atoms with Gasteiger partial charge in [-0.3, -0.25) is 39.2 Å². The van der Waals surface area contributed by atoms with Gasteiger partial charge in [-0.15, -0.1) is 11.8 Å². The second-order valence-electron chi connectivity index (χ2n) is 20.2. The van der Waals surface area contributed by atoms with Crippen molar-refractivity contribution in [2.24, 2.45) is 0 Å². The summed E-state index contributed by atoms with van der Waals surface area (Å²) in [6.45, 7) is 12.4. The molecule has 19 nitrogen and oxygen atoms in total. The molecule has 0 saturated carbocycles. The predicted molar refractivity (Wildman–Crippen MR) is 334 cm³/mol. The number of carbonyl (C=O) groups is 4. The van der Waals surface area contributed by atoms with Crippen LogP contribution in [-0.2, 0) is 69.7 Å². The first-order valence-corrected chi connectivity index (χ1v) is 37.8. The number of furan rings is 4. The van der Waals surface area contributed by atoms with Gasteiger partial charge in [-0.25, -0.2) is 0 Å². The number of piperidine rings is 5. The molecule has 5 aromatic rings. The number of methoxy groups -OCH3 is 1. The maximum atomic E-state index is 13.0. The number of amides is 3. The number of fused-ring (bicyclic) bond motifs is 1. The standard InChI is InChI=1S/C24H27N3O4S.C11H16BrNO.C11H17NO2.C6H8O3.C5H11N.CH2O3.Br3P.2K.H/c28-22-10-9-20(23(29)25-22)27-14-19-18(24(27)30)5-4-6-21(19)32-15-17-8-7-16(31-17)13-26-11-2-1-3-12-26;12-8-10-4-5-11(14-10)9-13-6-2-1-3-7-13;13-9-11-5-4-10(14-11)8-12-6-2-1-3-7-12;1-8-6-3-2-5(4-7)9-6;1-2-4-6-5-3-1;2-1-4-3;1-4(2)3;;;/h4-8,20H,1-3,9-15H2,(H,25,28,29);4-5H,1-3,6-9H2;4-5,13H,1-3,6-9H2;2-3,7H,4H2,1H3;6H,1-5H2;1,3H;;;;/q;;;;;;;2*+1;-1/p-1. The summed E-state index contributed by atoms with van der Waals surface area (Å²) in [5.41, 5.74) is 1.59. The molecule has 1 atom stereocenters. The van der Waals surface area contributed by atoms with Gasteiger partial charge < -0.3 is 54.4 Å². The molecule has 85 heavy (non-hydrogen) atoms. The van der Waals surface area contributed by atoms with Gasteiger partial charge in [0.05, 0.1) is 37.8 Å². The second-order valence-corrected chi connectivity index (χ2v) is 37.1. The van der Waals surface area contributed by atoms with Crippen molar-refractivity contribution in [3.8, 4) is 5.95 Å². The van der Waals surface area contributed by atoms with Crippen LogP contribution in [-0.4, -0.2) is 120 Å². The Hall–Kier alpha value is -0.0873. The zero-order valence-corrected chi connectivity index (χ0v) is 63.6. The van der Waals surface area contributed by atoms with Crippen LogP contribution in [0.25, 0.3) is 0 Å². The van der Waals surface area contributed by atoms with Crippen LogP contribution in [0.1, 0.15) is 148 Å². The maximum absolute atomic E-state index is 13.0. The van der Waals surface area contributed by atoms with Crippen LogP contribution in [0, 0.1) is 0 Å². The number of aliphatic hydroxyl groups is 2. The van der Waals surface area contributed by atoms with Gasteiger partial charge >= 0.3 is 103 Å². The van der Waals surface area contributed by atoms with Crippen molar-refractivity contribution in [2.45, 2.75) is 151 Å². The molecule has 6 aliphatic heterocycles. The van der Waals surface area contributed by atoms with E-state index in [4.69, 9.17) is 42.7 Å². The van der Waals surface area contributed by atoms with Gasteiger partial charge in [0.25, 0.3) is 18.3 Å². The Morgan fingerprint density at radius 2 is 1.12 bits per heavy atom. The number of halogens is 4. The third-order valence-electron chi connectivity index (χ3n) is 14.1. The number of nitrogens with one attached hydrogen (secondary N) is 2. The molecule has 0 radical (unpaired) electrons. The number of alkyl halides is 1. The number of nitrogens with zero attached hydrogens (tertiary/aromatic N) is 4. The Balaban J connectivity index is 0.000000391. The number of ether oxygens (including phenoxy) is 1. The van der Waals surface area contributed by atoms with Gasteiger partial charge in [-0.1, -0.05) is 47.7 Å². The van der Waals surface area contributed by atoms with Crippen molar-refractivity contribution >= 4 is 102 Å². The van der Waals surface area contributed by atoms with Crippen LogP contribution in [0.15, 0.2) is 89.3 Å². The molecule has 11 rings (SSSR count). The summed E-state index contributed by atoms with van der Waals surface area (Å²) < 4.78 is 26.6. The molecule has 4 aromatic heterocycles. The zero-order chi connectivity index (χ0) is 59.6. The summed E-state index contributed by atoms with van der Waals surface area (Å²) >= 11 is 14.5. The molecule has 27 heteroatoms. The normalized spacial score (nSPS) is 17.7. The van der Waals surface area contributed by atoms with E-state index in [1.807, 2.05) is 42.5 Å². The van der Waals surface area contributed by atoms with Gasteiger partial charge in [0, 0.05) is 29.5 Å². The quantitative estimate of drug-likeness (QED) is 0.0143. The Bertz CT molecular complexity index is 2550. The smallest absolute Gasteiger partial charge is 1.00 e. The molecule has 1 unspecified atom stereocenters. The Kier molecular flexibility index (Phi) is 43.7. The number of aliphatic hydroxyl groups excluding tert-OH is 2. The fraction of sp³-hybridized carbons (Fsp3) is 0.552. The summed E-state index contributed by atoms with van der Waals surface area (Å²) in [6.07, 6.45) is 16.7. The van der Waals surface area contributed by atoms with E-state index in [0.29, 0.717) is 41.7 Å². The number of thioether (sulfide) groups is 1. The minimum absolute atomic E-state index is 0. The molecule has 1 aromatic carbocycles. The second kappa shape index (κ2) is 46.9. The number of benzene rings is 1. The average Bonchev–Trinajstić information content (AvgIpc) is 2.14. The molecule has 3 amide bonds. The predicted octanol–water partition coefficient (Wildman–Crippen LogP) is 5.73. The van der Waals surface area contributed by atoms with E-state index in [2.05, 4.69) is 105 Å². The van der Waals surface area contributed by atoms with Crippen LogP contribution >= 0.6 is 78.2 Å². The third-order valence-corrected chi connectivity index (χ3v) is 15.7. The van der Waals surface area contributed by atoms with E-state index in [9.17, 15) is 14.4 Å². The Morgan fingerprint density at radius 1 is 0.671 bits per heavy atom. The first-order valence-electron chi connectivity index (χ1n) is 28.3. The monoisotopic (exact) mass is 1530 g/mol. The number of rotatable bonds is 15. The molecular weight excluding hydrogens is 1450 g/mol. The van der Waals surface area contributed by atoms with E-state index < -0.39 is 6.04 Å². The first-order chi connectivity index (χ1) is 40.4. The van der Waals surface area contributed by atoms with E-state index >= 15 is 0 Å². The first kappa shape index (κ1) is 79.2. The summed E-state index contributed by atoms with van der Waals surface area (Å²) in [4.78, 5) is 57.9. The Morgan fingerprint density at radius 3 is 1.52 bits per heavy atom. The maximum Gasteiger partial charge on any atom is 1.00 e. The molecule has 6 aliphatic rings. The van der Waals surface area contributed by atoms with Crippen LogP contribution < -0.4 is 123 Å². The van der Waals surface area contributed by atoms with Crippen molar-refractivity contribution in [1.29, 1.82) is 0 Å². The van der Waals surface area contributed by atoms with Gasteiger partial charge in [0.15, 0.2) is 0 Å².